The van der Waals surface area contributed by atoms with E-state index in [-0.39, 0.29) is 29.3 Å². The van der Waals surface area contributed by atoms with E-state index in [0.717, 1.165) is 25.7 Å². The summed E-state index contributed by atoms with van der Waals surface area (Å²) >= 11 is 0. The van der Waals surface area contributed by atoms with Crippen LogP contribution in [0, 0.1) is 5.41 Å². The summed E-state index contributed by atoms with van der Waals surface area (Å²) < 4.78 is 0. The van der Waals surface area contributed by atoms with Crippen LogP contribution >= 0.6 is 0 Å². The first kappa shape index (κ1) is 20.5. The molecule has 1 aromatic carbocycles. The fourth-order valence-electron chi connectivity index (χ4n) is 5.19. The molecule has 0 radical (unpaired) electrons. The van der Waals surface area contributed by atoms with Crippen molar-refractivity contribution in [1.29, 1.82) is 0 Å². The standard InChI is InChI=1S/C24H30N4O2/c1-27(2)24(19-8-4-3-5-9-19)13-11-23(12-14-24)16-22(30)28(18-23)17-21(29)26-20-10-6-7-15-25-20/h3-10,15H,11-14,16-18H2,1-2H3,(H,25,26,29)/t23-,24-. The molecule has 6 nitrogen and oxygen atoms in total. The third kappa shape index (κ3) is 3.97. The van der Waals surface area contributed by atoms with Gasteiger partial charge < -0.3 is 10.2 Å². The second kappa shape index (κ2) is 8.19. The highest BCUT2D eigenvalue weighted by Gasteiger charge is 2.50. The SMILES string of the molecule is CN(C)[C@]1(c2ccccc2)CC[C@@]2(CC1)CC(=O)N(CC(=O)Nc1ccccn1)C2. The van der Waals surface area contributed by atoms with E-state index in [4.69, 9.17) is 0 Å². The van der Waals surface area contributed by atoms with Crippen molar-refractivity contribution < 1.29 is 9.59 Å². The van der Waals surface area contributed by atoms with Crippen molar-refractivity contribution in [2.24, 2.45) is 5.41 Å². The minimum atomic E-state index is -0.193. The molecule has 2 fully saturated rings. The molecule has 158 valence electrons. The number of nitrogens with one attached hydrogen (secondary N) is 1. The second-order valence-corrected chi connectivity index (χ2v) is 8.98. The summed E-state index contributed by atoms with van der Waals surface area (Å²) in [6, 6.07) is 16.1. The Bertz CT molecular complexity index is 890. The van der Waals surface area contributed by atoms with Gasteiger partial charge in [-0.15, -0.1) is 0 Å². The molecule has 0 unspecified atom stereocenters. The zero-order valence-corrected chi connectivity index (χ0v) is 17.8. The summed E-state index contributed by atoms with van der Waals surface area (Å²) in [5.74, 6) is 0.408. The van der Waals surface area contributed by atoms with Crippen molar-refractivity contribution in [3.63, 3.8) is 0 Å². The molecule has 0 bridgehead atoms. The molecule has 2 heterocycles. The zero-order chi connectivity index (χ0) is 21.2. The molecule has 4 rings (SSSR count). The van der Waals surface area contributed by atoms with Crippen LogP contribution < -0.4 is 5.32 Å². The normalized spacial score (nSPS) is 26.4. The van der Waals surface area contributed by atoms with E-state index in [1.165, 1.54) is 5.56 Å². The molecule has 2 amide bonds. The Morgan fingerprint density at radius 1 is 1.07 bits per heavy atom. The van der Waals surface area contributed by atoms with Gasteiger partial charge in [-0.25, -0.2) is 4.98 Å². The number of aromatic nitrogens is 1. The molecule has 1 aliphatic carbocycles. The summed E-state index contributed by atoms with van der Waals surface area (Å²) in [5, 5.41) is 2.78. The fourth-order valence-corrected chi connectivity index (χ4v) is 5.19. The molecule has 0 atom stereocenters. The molecule has 6 heteroatoms. The predicted molar refractivity (Wildman–Crippen MR) is 117 cm³/mol. The van der Waals surface area contributed by atoms with Gasteiger partial charge in [-0.3, -0.25) is 14.5 Å². The average molecular weight is 407 g/mol. The van der Waals surface area contributed by atoms with Gasteiger partial charge in [0.1, 0.15) is 5.82 Å². The molecule has 30 heavy (non-hydrogen) atoms. The molecular formula is C24H30N4O2. The number of rotatable bonds is 5. The number of hydrogen-bond donors (Lipinski definition) is 1. The van der Waals surface area contributed by atoms with Gasteiger partial charge in [-0.1, -0.05) is 36.4 Å². The van der Waals surface area contributed by atoms with Gasteiger partial charge in [0.25, 0.3) is 0 Å². The van der Waals surface area contributed by atoms with E-state index in [2.05, 4.69) is 59.6 Å². The van der Waals surface area contributed by atoms with Crippen molar-refractivity contribution in [2.75, 3.05) is 32.5 Å². The lowest BCUT2D eigenvalue weighted by Crippen LogP contribution is -2.47. The summed E-state index contributed by atoms with van der Waals surface area (Å²) in [6.45, 7) is 0.758. The average Bonchev–Trinajstić information content (AvgIpc) is 3.04. The second-order valence-electron chi connectivity index (χ2n) is 8.98. The quantitative estimate of drug-likeness (QED) is 0.828. The Morgan fingerprint density at radius 2 is 1.77 bits per heavy atom. The predicted octanol–water partition coefficient (Wildman–Crippen LogP) is 3.27. The van der Waals surface area contributed by atoms with Crippen molar-refractivity contribution in [2.45, 2.75) is 37.6 Å². The van der Waals surface area contributed by atoms with Crippen LogP contribution in [0.15, 0.2) is 54.7 Å². The van der Waals surface area contributed by atoms with E-state index in [1.54, 1.807) is 23.2 Å². The number of amides is 2. The fraction of sp³-hybridized carbons (Fsp3) is 0.458. The number of carbonyl (C=O) groups is 2. The maximum absolute atomic E-state index is 12.7. The van der Waals surface area contributed by atoms with E-state index in [0.29, 0.717) is 18.8 Å². The van der Waals surface area contributed by atoms with Gasteiger partial charge in [0, 0.05) is 24.7 Å². The number of nitrogens with zero attached hydrogens (tertiary/aromatic N) is 3. The van der Waals surface area contributed by atoms with E-state index in [1.807, 2.05) is 6.07 Å². The molecule has 1 aromatic heterocycles. The van der Waals surface area contributed by atoms with E-state index in [9.17, 15) is 9.59 Å². The Balaban J connectivity index is 1.41. The van der Waals surface area contributed by atoms with Crippen molar-refractivity contribution in [1.82, 2.24) is 14.8 Å². The van der Waals surface area contributed by atoms with Crippen LogP contribution in [0.1, 0.15) is 37.7 Å². The summed E-state index contributed by atoms with van der Waals surface area (Å²) in [4.78, 5) is 33.3. The number of pyridine rings is 1. The van der Waals surface area contributed by atoms with Crippen LogP contribution in [-0.4, -0.2) is 53.8 Å². The van der Waals surface area contributed by atoms with Gasteiger partial charge in [0.2, 0.25) is 11.8 Å². The Labute approximate surface area is 178 Å². The van der Waals surface area contributed by atoms with Crippen LogP contribution in [0.2, 0.25) is 0 Å². The monoisotopic (exact) mass is 406 g/mol. The lowest BCUT2D eigenvalue weighted by Gasteiger charge is -2.48. The van der Waals surface area contributed by atoms with Gasteiger partial charge in [-0.2, -0.15) is 0 Å². The summed E-state index contributed by atoms with van der Waals surface area (Å²) in [6.07, 6.45) is 6.20. The van der Waals surface area contributed by atoms with Gasteiger partial charge >= 0.3 is 0 Å². The first-order valence-electron chi connectivity index (χ1n) is 10.6. The largest absolute Gasteiger partial charge is 0.333 e. The first-order chi connectivity index (χ1) is 14.4. The molecule has 1 N–H and O–H groups in total. The van der Waals surface area contributed by atoms with Crippen molar-refractivity contribution >= 4 is 17.6 Å². The molecule has 1 saturated carbocycles. The van der Waals surface area contributed by atoms with Crippen molar-refractivity contribution in [3.8, 4) is 0 Å². The lowest BCUT2D eigenvalue weighted by molar-refractivity contribution is -0.131. The van der Waals surface area contributed by atoms with E-state index < -0.39 is 0 Å². The maximum Gasteiger partial charge on any atom is 0.245 e. The first-order valence-corrected chi connectivity index (χ1v) is 10.6. The minimum absolute atomic E-state index is 0.0132. The van der Waals surface area contributed by atoms with Crippen molar-refractivity contribution in [3.05, 3.63) is 60.3 Å². The van der Waals surface area contributed by atoms with Crippen LogP contribution in [0.4, 0.5) is 5.82 Å². The molecule has 1 spiro atoms. The minimum Gasteiger partial charge on any atom is -0.333 e. The third-order valence-corrected chi connectivity index (χ3v) is 6.98. The lowest BCUT2D eigenvalue weighted by atomic mass is 9.64. The van der Waals surface area contributed by atoms with Crippen LogP contribution in [-0.2, 0) is 15.1 Å². The number of hydrogen-bond acceptors (Lipinski definition) is 4. The summed E-state index contributed by atoms with van der Waals surface area (Å²) in [7, 11) is 4.30. The zero-order valence-electron chi connectivity index (χ0n) is 17.8. The summed E-state index contributed by atoms with van der Waals surface area (Å²) in [5.41, 5.74) is 1.34. The van der Waals surface area contributed by atoms with Crippen LogP contribution in [0.25, 0.3) is 0 Å². The number of anilines is 1. The number of likely N-dealkylation sites (tertiary alicyclic amines) is 1. The smallest absolute Gasteiger partial charge is 0.245 e. The maximum atomic E-state index is 12.7. The highest BCUT2D eigenvalue weighted by atomic mass is 16.2. The highest BCUT2D eigenvalue weighted by Crippen LogP contribution is 2.52. The number of benzene rings is 1. The number of carbonyl (C=O) groups excluding carboxylic acids is 2. The Morgan fingerprint density at radius 3 is 2.40 bits per heavy atom. The Hall–Kier alpha value is -2.73. The molecule has 1 aliphatic heterocycles. The van der Waals surface area contributed by atoms with Crippen LogP contribution in [0.3, 0.4) is 0 Å². The molecule has 2 aromatic rings. The third-order valence-electron chi connectivity index (χ3n) is 6.98. The van der Waals surface area contributed by atoms with Gasteiger partial charge in [-0.05, 0) is 62.9 Å². The van der Waals surface area contributed by atoms with Gasteiger partial charge in [0.15, 0.2) is 0 Å². The Kier molecular flexibility index (Phi) is 5.60. The topological polar surface area (TPSA) is 65.5 Å². The highest BCUT2D eigenvalue weighted by molar-refractivity contribution is 5.94. The van der Waals surface area contributed by atoms with E-state index >= 15 is 0 Å². The molecular weight excluding hydrogens is 376 g/mol. The van der Waals surface area contributed by atoms with Crippen LogP contribution in [0.5, 0.6) is 0 Å². The van der Waals surface area contributed by atoms with Gasteiger partial charge in [0.05, 0.1) is 6.54 Å². The molecule has 2 aliphatic rings. The molecule has 1 saturated heterocycles.